The number of nitrogens with zero attached hydrogens (tertiary/aromatic N) is 1. The molecule has 0 aromatic carbocycles. The highest BCUT2D eigenvalue weighted by Crippen LogP contribution is 2.39. The van der Waals surface area contributed by atoms with Gasteiger partial charge in [0.2, 0.25) is 0 Å². The molecule has 1 heterocycles. The number of likely N-dealkylation sites (tertiary alicyclic amines) is 1. The van der Waals surface area contributed by atoms with E-state index in [2.05, 4.69) is 11.8 Å². The Morgan fingerprint density at radius 3 is 2.65 bits per heavy atom. The van der Waals surface area contributed by atoms with Gasteiger partial charge in [-0.2, -0.15) is 0 Å². The smallest absolute Gasteiger partial charge is 0.127 e. The molecule has 0 spiro atoms. The van der Waals surface area contributed by atoms with Gasteiger partial charge in [-0.3, -0.25) is 4.90 Å². The van der Waals surface area contributed by atoms with E-state index in [-0.39, 0.29) is 12.0 Å². The summed E-state index contributed by atoms with van der Waals surface area (Å²) in [6, 6.07) is 0.297. The average Bonchev–Trinajstić information content (AvgIpc) is 2.79. The van der Waals surface area contributed by atoms with Crippen LogP contribution in [0, 0.1) is 11.3 Å². The lowest BCUT2D eigenvalue weighted by molar-refractivity contribution is -0.120. The second-order valence-corrected chi connectivity index (χ2v) is 6.11. The normalized spacial score (nSPS) is 39.4. The highest BCUT2D eigenvalue weighted by atomic mass is 16.3. The zero-order valence-corrected chi connectivity index (χ0v) is 10.9. The fraction of sp³-hybridized carbons (Fsp3) is 0.929. The molecule has 1 unspecified atom stereocenters. The van der Waals surface area contributed by atoms with Crippen LogP contribution in [0.4, 0.5) is 0 Å². The van der Waals surface area contributed by atoms with Gasteiger partial charge in [0.15, 0.2) is 0 Å². The summed E-state index contributed by atoms with van der Waals surface area (Å²) in [5, 5.41) is 9.33. The Morgan fingerprint density at radius 1 is 1.35 bits per heavy atom. The lowest BCUT2D eigenvalue weighted by atomic mass is 9.71. The van der Waals surface area contributed by atoms with E-state index in [0.717, 1.165) is 44.7 Å². The quantitative estimate of drug-likeness (QED) is 0.761. The monoisotopic (exact) mass is 239 g/mol. The van der Waals surface area contributed by atoms with Crippen molar-refractivity contribution in [3.63, 3.8) is 0 Å². The molecule has 98 valence electrons. The Kier molecular flexibility index (Phi) is 4.21. The van der Waals surface area contributed by atoms with E-state index in [0.29, 0.717) is 6.04 Å². The molecule has 0 aromatic rings. The van der Waals surface area contributed by atoms with E-state index < -0.39 is 0 Å². The lowest BCUT2D eigenvalue weighted by Gasteiger charge is -2.39. The van der Waals surface area contributed by atoms with Crippen LogP contribution in [0.15, 0.2) is 0 Å². The fourth-order valence-corrected chi connectivity index (χ4v) is 3.36. The number of hydrogen-bond acceptors (Lipinski definition) is 3. The summed E-state index contributed by atoms with van der Waals surface area (Å²) >= 11 is 0. The first-order valence-electron chi connectivity index (χ1n) is 7.00. The third-order valence-corrected chi connectivity index (χ3v) is 4.75. The van der Waals surface area contributed by atoms with Crippen molar-refractivity contribution in [1.82, 2.24) is 4.90 Å². The van der Waals surface area contributed by atoms with Crippen molar-refractivity contribution >= 4 is 6.29 Å². The standard InChI is InChI=1S/C14H25NO2/c1-12-4-6-14(11-17,7-5-12)10-15-8-2-3-13(15)9-16/h11-13,16H,2-10H2,1H3. The molecular weight excluding hydrogens is 214 g/mol. The van der Waals surface area contributed by atoms with Crippen LogP contribution >= 0.6 is 0 Å². The molecule has 0 bridgehead atoms. The SMILES string of the molecule is CC1CCC(C=O)(CN2CCCC2CO)CC1. The zero-order chi connectivity index (χ0) is 12.3. The predicted molar refractivity (Wildman–Crippen MR) is 67.8 cm³/mol. The maximum Gasteiger partial charge on any atom is 0.127 e. The lowest BCUT2D eigenvalue weighted by Crippen LogP contribution is -2.44. The van der Waals surface area contributed by atoms with Crippen molar-refractivity contribution < 1.29 is 9.90 Å². The molecule has 2 fully saturated rings. The molecule has 2 rings (SSSR count). The van der Waals surface area contributed by atoms with Crippen LogP contribution < -0.4 is 0 Å². The molecule has 3 heteroatoms. The van der Waals surface area contributed by atoms with Gasteiger partial charge < -0.3 is 9.90 Å². The number of hydrogen-bond donors (Lipinski definition) is 1. The van der Waals surface area contributed by atoms with Crippen molar-refractivity contribution in [3.05, 3.63) is 0 Å². The summed E-state index contributed by atoms with van der Waals surface area (Å²) in [7, 11) is 0. The molecule has 1 aliphatic carbocycles. The minimum atomic E-state index is -0.121. The van der Waals surface area contributed by atoms with E-state index in [9.17, 15) is 9.90 Å². The van der Waals surface area contributed by atoms with Crippen molar-refractivity contribution in [2.45, 2.75) is 51.5 Å². The Balaban J connectivity index is 1.97. The van der Waals surface area contributed by atoms with Gasteiger partial charge >= 0.3 is 0 Å². The van der Waals surface area contributed by atoms with Crippen molar-refractivity contribution in [3.8, 4) is 0 Å². The van der Waals surface area contributed by atoms with E-state index in [1.807, 2.05) is 0 Å². The maximum absolute atomic E-state index is 11.5. The van der Waals surface area contributed by atoms with Gasteiger partial charge in [0.1, 0.15) is 6.29 Å². The maximum atomic E-state index is 11.5. The summed E-state index contributed by atoms with van der Waals surface area (Å²) in [4.78, 5) is 13.8. The summed E-state index contributed by atoms with van der Waals surface area (Å²) in [5.74, 6) is 0.773. The minimum absolute atomic E-state index is 0.121. The molecule has 1 saturated carbocycles. The fourth-order valence-electron chi connectivity index (χ4n) is 3.36. The molecule has 0 aromatic heterocycles. The van der Waals surface area contributed by atoms with Crippen molar-refractivity contribution in [2.24, 2.45) is 11.3 Å². The Hall–Kier alpha value is -0.410. The first-order chi connectivity index (χ1) is 8.19. The molecule has 1 N–H and O–H groups in total. The first-order valence-corrected chi connectivity index (χ1v) is 7.00. The first kappa shape index (κ1) is 13.0. The summed E-state index contributed by atoms with van der Waals surface area (Å²) < 4.78 is 0. The van der Waals surface area contributed by atoms with Crippen LogP contribution in [-0.2, 0) is 4.79 Å². The second-order valence-electron chi connectivity index (χ2n) is 6.11. The number of carbonyl (C=O) groups is 1. The zero-order valence-electron chi connectivity index (χ0n) is 10.9. The van der Waals surface area contributed by atoms with Crippen LogP contribution in [-0.4, -0.2) is 42.0 Å². The minimum Gasteiger partial charge on any atom is -0.395 e. The number of carbonyl (C=O) groups excluding carboxylic acids is 1. The number of aliphatic hydroxyl groups is 1. The second kappa shape index (κ2) is 5.49. The highest BCUT2D eigenvalue weighted by Gasteiger charge is 2.38. The Labute approximate surface area is 104 Å². The van der Waals surface area contributed by atoms with Crippen molar-refractivity contribution in [1.29, 1.82) is 0 Å². The van der Waals surface area contributed by atoms with Gasteiger partial charge in [-0.05, 0) is 51.0 Å². The molecule has 1 atom stereocenters. The Morgan fingerprint density at radius 2 is 2.06 bits per heavy atom. The number of rotatable bonds is 4. The van der Waals surface area contributed by atoms with Crippen molar-refractivity contribution in [2.75, 3.05) is 19.7 Å². The molecule has 3 nitrogen and oxygen atoms in total. The van der Waals surface area contributed by atoms with Gasteiger partial charge in [0.25, 0.3) is 0 Å². The van der Waals surface area contributed by atoms with Gasteiger partial charge in [-0.25, -0.2) is 0 Å². The predicted octanol–water partition coefficient (Wildman–Crippen LogP) is 1.84. The highest BCUT2D eigenvalue weighted by molar-refractivity contribution is 5.60. The third-order valence-electron chi connectivity index (χ3n) is 4.75. The molecule has 1 aliphatic heterocycles. The summed E-state index contributed by atoms with van der Waals surface area (Å²) in [6.07, 6.45) is 7.87. The topological polar surface area (TPSA) is 40.5 Å². The molecule has 1 saturated heterocycles. The number of aldehydes is 1. The van der Waals surface area contributed by atoms with Gasteiger partial charge in [0.05, 0.1) is 6.61 Å². The third kappa shape index (κ3) is 2.89. The van der Waals surface area contributed by atoms with Gasteiger partial charge in [-0.1, -0.05) is 6.92 Å². The Bertz CT molecular complexity index is 259. The summed E-state index contributed by atoms with van der Waals surface area (Å²) in [5.41, 5.74) is -0.121. The van der Waals surface area contributed by atoms with E-state index in [1.165, 1.54) is 19.1 Å². The van der Waals surface area contributed by atoms with Crippen LogP contribution in [0.5, 0.6) is 0 Å². The average molecular weight is 239 g/mol. The van der Waals surface area contributed by atoms with Crippen LogP contribution in [0.3, 0.4) is 0 Å². The largest absolute Gasteiger partial charge is 0.395 e. The van der Waals surface area contributed by atoms with Gasteiger partial charge in [0, 0.05) is 18.0 Å². The molecule has 2 aliphatic rings. The summed E-state index contributed by atoms with van der Waals surface area (Å²) in [6.45, 7) is 4.44. The van der Waals surface area contributed by atoms with Gasteiger partial charge in [-0.15, -0.1) is 0 Å². The van der Waals surface area contributed by atoms with Crippen LogP contribution in [0.1, 0.15) is 45.4 Å². The molecular formula is C14H25NO2. The van der Waals surface area contributed by atoms with E-state index in [1.54, 1.807) is 0 Å². The van der Waals surface area contributed by atoms with E-state index >= 15 is 0 Å². The van der Waals surface area contributed by atoms with E-state index in [4.69, 9.17) is 0 Å². The number of aliphatic hydroxyl groups excluding tert-OH is 1. The molecule has 17 heavy (non-hydrogen) atoms. The van der Waals surface area contributed by atoms with Crippen LogP contribution in [0.2, 0.25) is 0 Å². The molecule has 0 amide bonds. The molecule has 0 radical (unpaired) electrons. The van der Waals surface area contributed by atoms with Crippen LogP contribution in [0.25, 0.3) is 0 Å².